The predicted molar refractivity (Wildman–Crippen MR) is 119 cm³/mol. The van der Waals surface area contributed by atoms with Crippen molar-refractivity contribution in [2.75, 3.05) is 13.1 Å². The lowest BCUT2D eigenvalue weighted by molar-refractivity contribution is 0.0950. The summed E-state index contributed by atoms with van der Waals surface area (Å²) in [6.07, 6.45) is 1.03. The van der Waals surface area contributed by atoms with E-state index in [1.54, 1.807) is 22.5 Å². The van der Waals surface area contributed by atoms with Crippen molar-refractivity contribution in [3.63, 3.8) is 0 Å². The number of amides is 1. The van der Waals surface area contributed by atoms with Crippen LogP contribution in [0.4, 0.5) is 0 Å². The molecule has 1 N–H and O–H groups in total. The first kappa shape index (κ1) is 21.0. The first-order chi connectivity index (χ1) is 14.3. The van der Waals surface area contributed by atoms with Gasteiger partial charge in [-0.1, -0.05) is 32.0 Å². The van der Waals surface area contributed by atoms with E-state index in [0.717, 1.165) is 21.6 Å². The third kappa shape index (κ3) is 4.40. The fraction of sp³-hybridized carbons (Fsp3) is 0.364. The SMILES string of the molecule is CC1CC(C)CN(S(=O)(=O)c2cccc(C(=O)NCc3nc4ccccc4s3)c2)C1. The molecule has 1 aliphatic rings. The molecule has 2 heterocycles. The number of rotatable bonds is 5. The van der Waals surface area contributed by atoms with Gasteiger partial charge in [0.15, 0.2) is 0 Å². The zero-order chi connectivity index (χ0) is 21.3. The fourth-order valence-electron chi connectivity index (χ4n) is 4.00. The molecule has 0 bridgehead atoms. The molecule has 158 valence electrons. The molecule has 2 aromatic carbocycles. The van der Waals surface area contributed by atoms with E-state index in [1.165, 1.54) is 17.4 Å². The van der Waals surface area contributed by atoms with E-state index in [-0.39, 0.29) is 10.8 Å². The third-order valence-electron chi connectivity index (χ3n) is 5.31. The Bertz CT molecular complexity index is 1130. The van der Waals surface area contributed by atoms with Gasteiger partial charge in [0.05, 0.1) is 21.7 Å². The Hall–Kier alpha value is -2.29. The molecule has 1 amide bonds. The molecule has 1 fully saturated rings. The summed E-state index contributed by atoms with van der Waals surface area (Å²) in [6, 6.07) is 14.1. The van der Waals surface area contributed by atoms with Crippen molar-refractivity contribution >= 4 is 37.5 Å². The number of nitrogens with zero attached hydrogens (tertiary/aromatic N) is 2. The number of hydrogen-bond acceptors (Lipinski definition) is 5. The number of fused-ring (bicyclic) bond motifs is 1. The molecule has 30 heavy (non-hydrogen) atoms. The van der Waals surface area contributed by atoms with Crippen molar-refractivity contribution in [3.8, 4) is 0 Å². The first-order valence-electron chi connectivity index (χ1n) is 10.1. The topological polar surface area (TPSA) is 79.4 Å². The summed E-state index contributed by atoms with van der Waals surface area (Å²) in [5.41, 5.74) is 1.24. The minimum atomic E-state index is -3.63. The van der Waals surface area contributed by atoms with E-state index in [2.05, 4.69) is 24.1 Å². The van der Waals surface area contributed by atoms with E-state index >= 15 is 0 Å². The normalized spacial score (nSPS) is 20.3. The molecule has 0 radical (unpaired) electrons. The average molecular weight is 444 g/mol. The predicted octanol–water partition coefficient (Wildman–Crippen LogP) is 3.89. The highest BCUT2D eigenvalue weighted by molar-refractivity contribution is 7.89. The van der Waals surface area contributed by atoms with Gasteiger partial charge in [0.2, 0.25) is 10.0 Å². The molecule has 6 nitrogen and oxygen atoms in total. The van der Waals surface area contributed by atoms with Crippen molar-refractivity contribution < 1.29 is 13.2 Å². The summed E-state index contributed by atoms with van der Waals surface area (Å²) < 4.78 is 28.9. The lowest BCUT2D eigenvalue weighted by atomic mass is 9.94. The van der Waals surface area contributed by atoms with Gasteiger partial charge in [0, 0.05) is 18.7 Å². The van der Waals surface area contributed by atoms with Crippen LogP contribution in [0, 0.1) is 11.8 Å². The van der Waals surface area contributed by atoms with E-state index in [9.17, 15) is 13.2 Å². The summed E-state index contributed by atoms with van der Waals surface area (Å²) >= 11 is 1.53. The second-order valence-corrected chi connectivity index (χ2v) is 11.1. The lowest BCUT2D eigenvalue weighted by Gasteiger charge is -2.34. The molecule has 8 heteroatoms. The largest absolute Gasteiger partial charge is 0.346 e. The van der Waals surface area contributed by atoms with E-state index < -0.39 is 10.0 Å². The molecule has 1 aromatic heterocycles. The molecule has 0 spiro atoms. The van der Waals surface area contributed by atoms with Crippen LogP contribution in [0.5, 0.6) is 0 Å². The second-order valence-electron chi connectivity index (χ2n) is 8.05. The van der Waals surface area contributed by atoms with Crippen LogP contribution in [-0.4, -0.2) is 36.7 Å². The van der Waals surface area contributed by atoms with Gasteiger partial charge < -0.3 is 5.32 Å². The number of para-hydroxylation sites is 1. The number of hydrogen-bond donors (Lipinski definition) is 1. The number of nitrogens with one attached hydrogen (secondary N) is 1. The molecule has 2 unspecified atom stereocenters. The summed E-state index contributed by atoms with van der Waals surface area (Å²) in [5.74, 6) is 0.333. The van der Waals surface area contributed by atoms with Crippen molar-refractivity contribution in [2.45, 2.75) is 31.7 Å². The van der Waals surface area contributed by atoms with Gasteiger partial charge in [-0.15, -0.1) is 11.3 Å². The number of carbonyl (C=O) groups excluding carboxylic acids is 1. The summed E-state index contributed by atoms with van der Waals surface area (Å²) in [4.78, 5) is 17.3. The molecule has 1 aliphatic heterocycles. The van der Waals surface area contributed by atoms with Crippen LogP contribution in [0.25, 0.3) is 10.2 Å². The monoisotopic (exact) mass is 443 g/mol. The van der Waals surface area contributed by atoms with Crippen LogP contribution >= 0.6 is 11.3 Å². The molecule has 1 saturated heterocycles. The highest BCUT2D eigenvalue weighted by Gasteiger charge is 2.31. The van der Waals surface area contributed by atoms with Gasteiger partial charge >= 0.3 is 0 Å². The Morgan fingerprint density at radius 2 is 1.87 bits per heavy atom. The first-order valence-corrected chi connectivity index (χ1v) is 12.3. The maximum absolute atomic E-state index is 13.1. The summed E-state index contributed by atoms with van der Waals surface area (Å²) in [7, 11) is -3.63. The molecule has 0 aliphatic carbocycles. The lowest BCUT2D eigenvalue weighted by Crippen LogP contribution is -2.42. The van der Waals surface area contributed by atoms with Gasteiger partial charge in [-0.25, -0.2) is 13.4 Å². The van der Waals surface area contributed by atoms with Gasteiger partial charge in [0.1, 0.15) is 5.01 Å². The van der Waals surface area contributed by atoms with Gasteiger partial charge in [-0.05, 0) is 48.6 Å². The Morgan fingerprint density at radius 3 is 2.60 bits per heavy atom. The van der Waals surface area contributed by atoms with Gasteiger partial charge in [-0.2, -0.15) is 4.31 Å². The maximum atomic E-state index is 13.1. The standard InChI is InChI=1S/C22H25N3O3S2/c1-15-10-16(2)14-25(13-15)30(27,28)18-7-5-6-17(11-18)22(26)23-12-21-24-19-8-3-4-9-20(19)29-21/h3-9,11,15-16H,10,12-14H2,1-2H3,(H,23,26). The Balaban J connectivity index is 1.48. The second kappa shape index (κ2) is 8.45. The van der Waals surface area contributed by atoms with E-state index in [4.69, 9.17) is 0 Å². The highest BCUT2D eigenvalue weighted by atomic mass is 32.2. The van der Waals surface area contributed by atoms with Crippen LogP contribution in [0.2, 0.25) is 0 Å². The number of aromatic nitrogens is 1. The quantitative estimate of drug-likeness (QED) is 0.649. The molecular formula is C22H25N3O3S2. The minimum Gasteiger partial charge on any atom is -0.346 e. The van der Waals surface area contributed by atoms with E-state index in [0.29, 0.717) is 37.0 Å². The molecule has 4 rings (SSSR count). The number of benzene rings is 2. The van der Waals surface area contributed by atoms with Gasteiger partial charge in [-0.3, -0.25) is 4.79 Å². The van der Waals surface area contributed by atoms with Crippen molar-refractivity contribution in [1.82, 2.24) is 14.6 Å². The van der Waals surface area contributed by atoms with Crippen LogP contribution in [0.15, 0.2) is 53.4 Å². The third-order valence-corrected chi connectivity index (χ3v) is 8.17. The highest BCUT2D eigenvalue weighted by Crippen LogP contribution is 2.27. The Labute approximate surface area is 181 Å². The smallest absolute Gasteiger partial charge is 0.251 e. The van der Waals surface area contributed by atoms with Crippen molar-refractivity contribution in [3.05, 3.63) is 59.1 Å². The Kier molecular flexibility index (Phi) is 5.90. The number of sulfonamides is 1. The molecule has 3 aromatic rings. The number of carbonyl (C=O) groups is 1. The van der Waals surface area contributed by atoms with Crippen molar-refractivity contribution in [2.24, 2.45) is 11.8 Å². The van der Waals surface area contributed by atoms with Crippen LogP contribution in [0.3, 0.4) is 0 Å². The fourth-order valence-corrected chi connectivity index (χ4v) is 6.64. The van der Waals surface area contributed by atoms with Crippen LogP contribution < -0.4 is 5.32 Å². The molecule has 2 atom stereocenters. The summed E-state index contributed by atoms with van der Waals surface area (Å²) in [5, 5.41) is 3.66. The maximum Gasteiger partial charge on any atom is 0.251 e. The van der Waals surface area contributed by atoms with Crippen LogP contribution in [0.1, 0.15) is 35.6 Å². The number of thiazole rings is 1. The van der Waals surface area contributed by atoms with Gasteiger partial charge in [0.25, 0.3) is 5.91 Å². The zero-order valence-electron chi connectivity index (χ0n) is 17.0. The van der Waals surface area contributed by atoms with Crippen LogP contribution in [-0.2, 0) is 16.6 Å². The van der Waals surface area contributed by atoms with E-state index in [1.807, 2.05) is 24.3 Å². The zero-order valence-corrected chi connectivity index (χ0v) is 18.7. The molecular weight excluding hydrogens is 418 g/mol. The minimum absolute atomic E-state index is 0.163. The van der Waals surface area contributed by atoms with Crippen molar-refractivity contribution in [1.29, 1.82) is 0 Å². The summed E-state index contributed by atoms with van der Waals surface area (Å²) in [6.45, 7) is 5.48. The average Bonchev–Trinajstić information content (AvgIpc) is 3.14. The Morgan fingerprint density at radius 1 is 1.13 bits per heavy atom. The molecule has 0 saturated carbocycles. The number of piperidine rings is 1.